The van der Waals surface area contributed by atoms with E-state index in [1.165, 1.54) is 60.6 Å². The third-order valence-electron chi connectivity index (χ3n) is 5.20. The maximum Gasteiger partial charge on any atom is 0.276 e. The van der Waals surface area contributed by atoms with Gasteiger partial charge in [-0.2, -0.15) is 0 Å². The lowest BCUT2D eigenvalue weighted by atomic mass is 9.97. The lowest BCUT2D eigenvalue weighted by Gasteiger charge is -2.18. The van der Waals surface area contributed by atoms with Crippen molar-refractivity contribution in [1.29, 1.82) is 0 Å². The number of hydrogen-bond donors (Lipinski definition) is 1. The number of imide groups is 1. The molecule has 0 unspecified atom stereocenters. The van der Waals surface area contributed by atoms with Crippen LogP contribution in [0.25, 0.3) is 0 Å². The van der Waals surface area contributed by atoms with Gasteiger partial charge >= 0.3 is 0 Å². The molecular weight excluding hydrogens is 300 g/mol. The van der Waals surface area contributed by atoms with E-state index in [0.717, 1.165) is 32.2 Å². The largest absolute Gasteiger partial charge is 0.380 e. The molecule has 1 heterocycles. The molecule has 0 bridgehead atoms. The Labute approximate surface area is 144 Å². The van der Waals surface area contributed by atoms with E-state index in [0.29, 0.717) is 12.2 Å². The predicted octanol–water partition coefficient (Wildman–Crippen LogP) is 3.61. The molecule has 0 fully saturated rings. The minimum Gasteiger partial charge on any atom is -0.380 e. The van der Waals surface area contributed by atoms with Crippen molar-refractivity contribution in [1.82, 2.24) is 10.2 Å². The number of hydrogen-bond acceptors (Lipinski definition) is 3. The molecule has 2 amide bonds. The van der Waals surface area contributed by atoms with Gasteiger partial charge in [0, 0.05) is 19.2 Å². The molecule has 0 atom stereocenters. The van der Waals surface area contributed by atoms with Gasteiger partial charge in [0.25, 0.3) is 11.8 Å². The van der Waals surface area contributed by atoms with Crippen molar-refractivity contribution >= 4 is 11.8 Å². The van der Waals surface area contributed by atoms with Crippen LogP contribution in [0.5, 0.6) is 0 Å². The standard InChI is InChI=1S/C20H28N2O2/c23-19-15-18(21-13-11-16-7-3-1-4-8-16)20(24)22(19)14-12-17-9-5-2-6-10-17/h7,9,15,21H,1-6,8,10-14H2. The van der Waals surface area contributed by atoms with E-state index in [1.54, 1.807) is 0 Å². The highest BCUT2D eigenvalue weighted by molar-refractivity contribution is 6.15. The first-order valence-corrected chi connectivity index (χ1v) is 9.41. The zero-order valence-electron chi connectivity index (χ0n) is 14.5. The molecule has 24 heavy (non-hydrogen) atoms. The van der Waals surface area contributed by atoms with E-state index in [4.69, 9.17) is 0 Å². The molecule has 0 saturated heterocycles. The molecule has 2 aliphatic carbocycles. The Morgan fingerprint density at radius 2 is 1.58 bits per heavy atom. The van der Waals surface area contributed by atoms with Crippen LogP contribution in [0.2, 0.25) is 0 Å². The lowest BCUT2D eigenvalue weighted by Crippen LogP contribution is -2.34. The average Bonchev–Trinajstić information content (AvgIpc) is 2.89. The van der Waals surface area contributed by atoms with Crippen LogP contribution in [-0.2, 0) is 9.59 Å². The quantitative estimate of drug-likeness (QED) is 0.574. The Morgan fingerprint density at radius 3 is 2.21 bits per heavy atom. The first kappa shape index (κ1) is 17.0. The second-order valence-corrected chi connectivity index (χ2v) is 7.00. The summed E-state index contributed by atoms with van der Waals surface area (Å²) in [5, 5.41) is 3.17. The van der Waals surface area contributed by atoms with Gasteiger partial charge in [0.2, 0.25) is 0 Å². The number of rotatable bonds is 7. The minimum atomic E-state index is -0.171. The van der Waals surface area contributed by atoms with Gasteiger partial charge in [0.15, 0.2) is 0 Å². The van der Waals surface area contributed by atoms with Gasteiger partial charge in [-0.05, 0) is 64.2 Å². The molecule has 1 aliphatic heterocycles. The van der Waals surface area contributed by atoms with Crippen molar-refractivity contribution in [2.75, 3.05) is 13.1 Å². The summed E-state index contributed by atoms with van der Waals surface area (Å²) in [6.45, 7) is 1.24. The summed E-state index contributed by atoms with van der Waals surface area (Å²) in [6, 6.07) is 0. The molecule has 3 rings (SSSR count). The van der Waals surface area contributed by atoms with Gasteiger partial charge in [-0.25, -0.2) is 0 Å². The van der Waals surface area contributed by atoms with Gasteiger partial charge in [-0.15, -0.1) is 0 Å². The van der Waals surface area contributed by atoms with Crippen LogP contribution >= 0.6 is 0 Å². The van der Waals surface area contributed by atoms with Crippen molar-refractivity contribution in [3.05, 3.63) is 35.1 Å². The molecule has 0 radical (unpaired) electrons. The van der Waals surface area contributed by atoms with Crippen molar-refractivity contribution in [2.24, 2.45) is 0 Å². The Balaban J connectivity index is 1.45. The van der Waals surface area contributed by atoms with Gasteiger partial charge in [0.1, 0.15) is 5.70 Å². The zero-order chi connectivity index (χ0) is 16.8. The van der Waals surface area contributed by atoms with Crippen LogP contribution in [0.15, 0.2) is 35.1 Å². The van der Waals surface area contributed by atoms with Crippen LogP contribution in [0.4, 0.5) is 0 Å². The molecule has 0 aromatic carbocycles. The van der Waals surface area contributed by atoms with Crippen LogP contribution in [0.3, 0.4) is 0 Å². The summed E-state index contributed by atoms with van der Waals surface area (Å²) in [4.78, 5) is 25.9. The smallest absolute Gasteiger partial charge is 0.276 e. The molecule has 130 valence electrons. The van der Waals surface area contributed by atoms with Gasteiger partial charge in [-0.3, -0.25) is 14.5 Å². The monoisotopic (exact) mass is 328 g/mol. The summed E-state index contributed by atoms with van der Waals surface area (Å²) in [5.74, 6) is -0.329. The molecular formula is C20H28N2O2. The maximum atomic E-state index is 12.4. The van der Waals surface area contributed by atoms with Crippen molar-refractivity contribution < 1.29 is 9.59 Å². The summed E-state index contributed by atoms with van der Waals surface area (Å²) in [5.41, 5.74) is 3.34. The molecule has 0 aromatic heterocycles. The van der Waals surface area contributed by atoms with Gasteiger partial charge < -0.3 is 5.32 Å². The number of nitrogens with zero attached hydrogens (tertiary/aromatic N) is 1. The number of amides is 2. The molecule has 0 aromatic rings. The average molecular weight is 328 g/mol. The van der Waals surface area contributed by atoms with E-state index in [9.17, 15) is 9.59 Å². The zero-order valence-corrected chi connectivity index (χ0v) is 14.5. The fraction of sp³-hybridized carbons (Fsp3) is 0.600. The van der Waals surface area contributed by atoms with Crippen LogP contribution in [-0.4, -0.2) is 29.8 Å². The number of allylic oxidation sites excluding steroid dienone is 2. The lowest BCUT2D eigenvalue weighted by molar-refractivity contribution is -0.137. The highest BCUT2D eigenvalue weighted by Gasteiger charge is 2.30. The number of carbonyl (C=O) groups excluding carboxylic acids is 2. The topological polar surface area (TPSA) is 49.4 Å². The van der Waals surface area contributed by atoms with Crippen molar-refractivity contribution in [3.63, 3.8) is 0 Å². The maximum absolute atomic E-state index is 12.4. The third kappa shape index (κ3) is 4.37. The van der Waals surface area contributed by atoms with Crippen molar-refractivity contribution in [3.8, 4) is 0 Å². The minimum absolute atomic E-state index is 0.158. The van der Waals surface area contributed by atoms with E-state index < -0.39 is 0 Å². The highest BCUT2D eigenvalue weighted by atomic mass is 16.2. The Kier molecular flexibility index (Phi) is 5.89. The fourth-order valence-corrected chi connectivity index (χ4v) is 3.72. The van der Waals surface area contributed by atoms with E-state index in [-0.39, 0.29) is 11.8 Å². The van der Waals surface area contributed by atoms with Crippen molar-refractivity contribution in [2.45, 2.75) is 64.2 Å². The Bertz CT molecular complexity index is 586. The SMILES string of the molecule is O=C1C=C(NCCC2=CCCCC2)C(=O)N1CCC1=CCCCC1. The first-order valence-electron chi connectivity index (χ1n) is 9.41. The predicted molar refractivity (Wildman–Crippen MR) is 95.1 cm³/mol. The second kappa shape index (κ2) is 8.32. The van der Waals surface area contributed by atoms with E-state index >= 15 is 0 Å². The second-order valence-electron chi connectivity index (χ2n) is 7.00. The summed E-state index contributed by atoms with van der Waals surface area (Å²) in [7, 11) is 0. The third-order valence-corrected chi connectivity index (χ3v) is 5.20. The number of nitrogens with one attached hydrogen (secondary N) is 1. The number of carbonyl (C=O) groups is 2. The molecule has 3 aliphatic rings. The van der Waals surface area contributed by atoms with Crippen LogP contribution in [0.1, 0.15) is 64.2 Å². The summed E-state index contributed by atoms with van der Waals surface area (Å²) in [6.07, 6.45) is 17.5. The molecule has 4 heteroatoms. The molecule has 1 N–H and O–H groups in total. The first-order chi connectivity index (χ1) is 11.7. The van der Waals surface area contributed by atoms with E-state index in [2.05, 4.69) is 17.5 Å². The highest BCUT2D eigenvalue weighted by Crippen LogP contribution is 2.22. The fourth-order valence-electron chi connectivity index (χ4n) is 3.72. The van der Waals surface area contributed by atoms with Gasteiger partial charge in [0.05, 0.1) is 0 Å². The van der Waals surface area contributed by atoms with E-state index in [1.807, 2.05) is 0 Å². The Hall–Kier alpha value is -1.84. The van der Waals surface area contributed by atoms with Gasteiger partial charge in [-0.1, -0.05) is 23.3 Å². The normalized spacial score (nSPS) is 21.5. The summed E-state index contributed by atoms with van der Waals surface area (Å²) < 4.78 is 0. The molecule has 4 nitrogen and oxygen atoms in total. The molecule has 0 saturated carbocycles. The summed E-state index contributed by atoms with van der Waals surface area (Å²) >= 11 is 0. The molecule has 0 spiro atoms. The van der Waals surface area contributed by atoms with Crippen LogP contribution in [0, 0.1) is 0 Å². The Morgan fingerprint density at radius 1 is 0.917 bits per heavy atom. The van der Waals surface area contributed by atoms with Crippen LogP contribution < -0.4 is 5.32 Å².